The zero-order valence-corrected chi connectivity index (χ0v) is 10.7. The van der Waals surface area contributed by atoms with Gasteiger partial charge in [-0.25, -0.2) is 0 Å². The van der Waals surface area contributed by atoms with Gasteiger partial charge >= 0.3 is 0 Å². The SMILES string of the molecule is C=C(C[C@H](N)CCC)C[Si](C)(C)C. The van der Waals surface area contributed by atoms with Gasteiger partial charge in [0.05, 0.1) is 0 Å². The smallest absolute Gasteiger partial charge is 0.0483 e. The minimum Gasteiger partial charge on any atom is -0.327 e. The molecule has 13 heavy (non-hydrogen) atoms. The number of hydrogen-bond acceptors (Lipinski definition) is 1. The molecule has 0 aliphatic heterocycles. The van der Waals surface area contributed by atoms with Gasteiger partial charge in [0, 0.05) is 14.1 Å². The Hall–Kier alpha value is -0.0831. The second kappa shape index (κ2) is 5.61. The molecule has 0 aromatic heterocycles. The summed E-state index contributed by atoms with van der Waals surface area (Å²) in [6.07, 6.45) is 3.34. The molecule has 1 atom stereocenters. The summed E-state index contributed by atoms with van der Waals surface area (Å²) in [5.74, 6) is 0. The van der Waals surface area contributed by atoms with E-state index in [1.807, 2.05) is 0 Å². The number of rotatable bonds is 6. The molecule has 0 aromatic carbocycles. The van der Waals surface area contributed by atoms with Crippen LogP contribution in [0.15, 0.2) is 12.2 Å². The zero-order valence-electron chi connectivity index (χ0n) is 9.69. The van der Waals surface area contributed by atoms with Crippen molar-refractivity contribution in [3.8, 4) is 0 Å². The third-order valence-corrected chi connectivity index (χ3v) is 3.55. The normalized spacial score (nSPS) is 14.2. The molecule has 0 heterocycles. The van der Waals surface area contributed by atoms with E-state index in [2.05, 4.69) is 33.1 Å². The highest BCUT2D eigenvalue weighted by molar-refractivity contribution is 6.76. The molecule has 1 nitrogen and oxygen atoms in total. The molecule has 0 saturated heterocycles. The van der Waals surface area contributed by atoms with E-state index in [1.165, 1.54) is 18.0 Å². The van der Waals surface area contributed by atoms with E-state index in [0.717, 1.165) is 12.8 Å². The van der Waals surface area contributed by atoms with Crippen molar-refractivity contribution in [3.05, 3.63) is 12.2 Å². The van der Waals surface area contributed by atoms with Crippen LogP contribution in [0.4, 0.5) is 0 Å². The molecule has 0 aliphatic carbocycles. The van der Waals surface area contributed by atoms with Crippen LogP contribution < -0.4 is 5.73 Å². The van der Waals surface area contributed by atoms with Crippen molar-refractivity contribution < 1.29 is 0 Å². The largest absolute Gasteiger partial charge is 0.327 e. The minimum atomic E-state index is -0.965. The molecule has 0 amide bonds. The molecule has 0 saturated carbocycles. The van der Waals surface area contributed by atoms with Crippen molar-refractivity contribution in [1.82, 2.24) is 0 Å². The molecule has 2 heteroatoms. The summed E-state index contributed by atoms with van der Waals surface area (Å²) in [5, 5.41) is 0. The average Bonchev–Trinajstić information content (AvgIpc) is 1.81. The average molecular weight is 199 g/mol. The van der Waals surface area contributed by atoms with Crippen molar-refractivity contribution in [2.45, 2.75) is 57.9 Å². The molecule has 0 aromatic rings. The first-order valence-electron chi connectivity index (χ1n) is 5.27. The summed E-state index contributed by atoms with van der Waals surface area (Å²) in [6.45, 7) is 13.4. The molecule has 0 aliphatic rings. The van der Waals surface area contributed by atoms with Gasteiger partial charge in [0.15, 0.2) is 0 Å². The first-order valence-corrected chi connectivity index (χ1v) is 8.98. The summed E-state index contributed by atoms with van der Waals surface area (Å²) in [7, 11) is -0.965. The highest BCUT2D eigenvalue weighted by Gasteiger charge is 2.15. The first-order chi connectivity index (χ1) is 5.85. The van der Waals surface area contributed by atoms with Crippen LogP contribution in [0, 0.1) is 0 Å². The van der Waals surface area contributed by atoms with E-state index in [1.54, 1.807) is 0 Å². The molecule has 2 N–H and O–H groups in total. The second-order valence-electron chi connectivity index (χ2n) is 5.24. The van der Waals surface area contributed by atoms with Gasteiger partial charge in [-0.2, -0.15) is 0 Å². The lowest BCUT2D eigenvalue weighted by atomic mass is 10.1. The van der Waals surface area contributed by atoms with Gasteiger partial charge in [0.25, 0.3) is 0 Å². The van der Waals surface area contributed by atoms with Crippen molar-refractivity contribution in [1.29, 1.82) is 0 Å². The fourth-order valence-electron chi connectivity index (χ4n) is 1.67. The van der Waals surface area contributed by atoms with E-state index in [-0.39, 0.29) is 0 Å². The molecule has 0 bridgehead atoms. The van der Waals surface area contributed by atoms with E-state index in [0.29, 0.717) is 6.04 Å². The Kier molecular flexibility index (Phi) is 5.57. The molecule has 0 rings (SSSR count). The van der Waals surface area contributed by atoms with Crippen molar-refractivity contribution in [3.63, 3.8) is 0 Å². The van der Waals surface area contributed by atoms with Gasteiger partial charge in [0.1, 0.15) is 0 Å². The third-order valence-electron chi connectivity index (χ3n) is 1.99. The van der Waals surface area contributed by atoms with Gasteiger partial charge in [-0.05, 0) is 18.9 Å². The van der Waals surface area contributed by atoms with Gasteiger partial charge in [0.2, 0.25) is 0 Å². The Bertz CT molecular complexity index is 158. The lowest BCUT2D eigenvalue weighted by molar-refractivity contribution is 0.598. The molecule has 0 unspecified atom stereocenters. The van der Waals surface area contributed by atoms with E-state index in [9.17, 15) is 0 Å². The number of nitrogens with two attached hydrogens (primary N) is 1. The van der Waals surface area contributed by atoms with E-state index < -0.39 is 8.07 Å². The topological polar surface area (TPSA) is 26.0 Å². The Labute approximate surface area is 84.4 Å². The number of hydrogen-bond donors (Lipinski definition) is 1. The van der Waals surface area contributed by atoms with Crippen LogP contribution in [0.2, 0.25) is 25.7 Å². The van der Waals surface area contributed by atoms with Crippen LogP contribution in [0.3, 0.4) is 0 Å². The minimum absolute atomic E-state index is 0.342. The Morgan fingerprint density at radius 3 is 2.31 bits per heavy atom. The maximum Gasteiger partial charge on any atom is 0.0483 e. The third kappa shape index (κ3) is 8.25. The monoisotopic (exact) mass is 199 g/mol. The van der Waals surface area contributed by atoms with Gasteiger partial charge in [-0.1, -0.05) is 38.6 Å². The van der Waals surface area contributed by atoms with Crippen molar-refractivity contribution in [2.24, 2.45) is 5.73 Å². The summed E-state index contributed by atoms with van der Waals surface area (Å²) in [5.41, 5.74) is 7.32. The quantitative estimate of drug-likeness (QED) is 0.515. The van der Waals surface area contributed by atoms with Crippen LogP contribution in [0.25, 0.3) is 0 Å². The fraction of sp³-hybridized carbons (Fsp3) is 0.818. The summed E-state index contributed by atoms with van der Waals surface area (Å²) in [4.78, 5) is 0. The van der Waals surface area contributed by atoms with Gasteiger partial charge in [-0.3, -0.25) is 0 Å². The Morgan fingerprint density at radius 1 is 1.38 bits per heavy atom. The predicted molar refractivity (Wildman–Crippen MR) is 64.8 cm³/mol. The maximum atomic E-state index is 5.96. The highest BCUT2D eigenvalue weighted by Crippen LogP contribution is 2.19. The van der Waals surface area contributed by atoms with Crippen LogP contribution in [0.5, 0.6) is 0 Å². The van der Waals surface area contributed by atoms with Crippen molar-refractivity contribution in [2.75, 3.05) is 0 Å². The van der Waals surface area contributed by atoms with Gasteiger partial charge < -0.3 is 5.73 Å². The molecule has 0 radical (unpaired) electrons. The standard InChI is InChI=1S/C11H25NSi/c1-6-7-11(12)8-10(2)9-13(3,4)5/h11H,2,6-9,12H2,1,3-5H3/t11-/m1/s1. The zero-order chi connectivity index (χ0) is 10.5. The molecule has 0 fully saturated rings. The van der Waals surface area contributed by atoms with Crippen molar-refractivity contribution >= 4 is 8.07 Å². The fourth-order valence-corrected chi connectivity index (χ4v) is 3.31. The lowest BCUT2D eigenvalue weighted by Crippen LogP contribution is -2.24. The maximum absolute atomic E-state index is 5.96. The van der Waals surface area contributed by atoms with Crippen LogP contribution in [0.1, 0.15) is 26.2 Å². The highest BCUT2D eigenvalue weighted by atomic mass is 28.3. The van der Waals surface area contributed by atoms with E-state index >= 15 is 0 Å². The van der Waals surface area contributed by atoms with Crippen LogP contribution >= 0.6 is 0 Å². The first kappa shape index (κ1) is 12.9. The predicted octanol–water partition coefficient (Wildman–Crippen LogP) is 3.40. The Morgan fingerprint density at radius 2 is 1.92 bits per heavy atom. The lowest BCUT2D eigenvalue weighted by Gasteiger charge is -2.19. The second-order valence-corrected chi connectivity index (χ2v) is 10.7. The molecular formula is C11H25NSi. The molecule has 78 valence electrons. The van der Waals surface area contributed by atoms with E-state index in [4.69, 9.17) is 5.73 Å². The summed E-state index contributed by atoms with van der Waals surface area (Å²) < 4.78 is 0. The van der Waals surface area contributed by atoms with Crippen LogP contribution in [-0.2, 0) is 0 Å². The van der Waals surface area contributed by atoms with Gasteiger partial charge in [-0.15, -0.1) is 6.58 Å². The summed E-state index contributed by atoms with van der Waals surface area (Å²) in [6, 6.07) is 1.57. The summed E-state index contributed by atoms with van der Waals surface area (Å²) >= 11 is 0. The molecule has 0 spiro atoms. The molecular weight excluding hydrogens is 174 g/mol. The van der Waals surface area contributed by atoms with Crippen LogP contribution in [-0.4, -0.2) is 14.1 Å². The Balaban J connectivity index is 3.74.